The summed E-state index contributed by atoms with van der Waals surface area (Å²) in [5, 5.41) is 2.62. The van der Waals surface area contributed by atoms with Crippen LogP contribution >= 0.6 is 11.3 Å². The zero-order valence-electron chi connectivity index (χ0n) is 10.1. The lowest BCUT2D eigenvalue weighted by Crippen LogP contribution is -2.07. The fourth-order valence-electron chi connectivity index (χ4n) is 1.81. The van der Waals surface area contributed by atoms with Crippen LogP contribution in [0.5, 0.6) is 0 Å². The van der Waals surface area contributed by atoms with Gasteiger partial charge in [-0.05, 0) is 19.1 Å². The van der Waals surface area contributed by atoms with Crippen molar-refractivity contribution in [3.63, 3.8) is 0 Å². The summed E-state index contributed by atoms with van der Waals surface area (Å²) in [7, 11) is -3.48. The minimum absolute atomic E-state index is 0.000599. The van der Waals surface area contributed by atoms with E-state index in [1.54, 1.807) is 17.5 Å². The predicted molar refractivity (Wildman–Crippen MR) is 73.8 cm³/mol. The first-order valence-electron chi connectivity index (χ1n) is 5.63. The molecule has 7 heteroatoms. The van der Waals surface area contributed by atoms with Crippen LogP contribution in [0.3, 0.4) is 0 Å². The van der Waals surface area contributed by atoms with Gasteiger partial charge in [0.1, 0.15) is 5.75 Å². The summed E-state index contributed by atoms with van der Waals surface area (Å²) in [6, 6.07) is 7.23. The van der Waals surface area contributed by atoms with Crippen molar-refractivity contribution in [3.05, 3.63) is 40.3 Å². The highest BCUT2D eigenvalue weighted by Crippen LogP contribution is 2.19. The van der Waals surface area contributed by atoms with Gasteiger partial charge in [0.15, 0.2) is 0 Å². The number of nitrogens with zero attached hydrogens (tertiary/aromatic N) is 2. The molecule has 0 aliphatic heterocycles. The zero-order chi connectivity index (χ0) is 13.5. The largest absolute Gasteiger partial charge is 0.329 e. The first-order valence-corrected chi connectivity index (χ1v) is 8.16. The normalized spacial score (nSPS) is 12.1. The number of hydrogen-bond donors (Lipinski definition) is 1. The Morgan fingerprint density at radius 2 is 2.05 bits per heavy atom. The quantitative estimate of drug-likeness (QED) is 0.804. The number of hydrogen-bond acceptors (Lipinski definition) is 5. The predicted octanol–water partition coefficient (Wildman–Crippen LogP) is 2.30. The number of rotatable bonds is 3. The van der Waals surface area contributed by atoms with Gasteiger partial charge < -0.3 is 4.98 Å². The maximum Gasteiger partial charge on any atom is 0.226 e. The van der Waals surface area contributed by atoms with Crippen molar-refractivity contribution in [2.24, 2.45) is 0 Å². The smallest absolute Gasteiger partial charge is 0.226 e. The van der Waals surface area contributed by atoms with Gasteiger partial charge >= 0.3 is 0 Å². The number of aryl methyl sites for hydroxylation is 1. The molecule has 98 valence electrons. The number of benzene rings is 1. The molecule has 0 unspecified atom stereocenters. The van der Waals surface area contributed by atoms with Gasteiger partial charge in [0.2, 0.25) is 15.0 Å². The van der Waals surface area contributed by atoms with Crippen molar-refractivity contribution < 1.29 is 8.42 Å². The highest BCUT2D eigenvalue weighted by atomic mass is 32.2. The monoisotopic (exact) mass is 293 g/mol. The number of nitrogens with one attached hydrogen (secondary N) is 1. The molecule has 0 aliphatic rings. The van der Waals surface area contributed by atoms with Gasteiger partial charge in [-0.2, -0.15) is 0 Å². The van der Waals surface area contributed by atoms with E-state index in [0.29, 0.717) is 11.2 Å². The molecule has 0 fully saturated rings. The molecule has 2 aromatic heterocycles. The van der Waals surface area contributed by atoms with E-state index in [2.05, 4.69) is 15.0 Å². The maximum atomic E-state index is 12.3. The van der Waals surface area contributed by atoms with Crippen LogP contribution in [0.25, 0.3) is 11.0 Å². The van der Waals surface area contributed by atoms with Crippen molar-refractivity contribution in [2.75, 3.05) is 0 Å². The SMILES string of the molecule is Cc1nc(CS(=O)(=O)c2nc3ccccc3[nH]2)cs1. The van der Waals surface area contributed by atoms with Gasteiger partial charge in [0, 0.05) is 5.38 Å². The molecule has 0 amide bonds. The summed E-state index contributed by atoms with van der Waals surface area (Å²) in [4.78, 5) is 11.1. The average molecular weight is 293 g/mol. The van der Waals surface area contributed by atoms with Crippen LogP contribution in [0.1, 0.15) is 10.7 Å². The first-order chi connectivity index (χ1) is 9.04. The molecule has 0 atom stereocenters. The van der Waals surface area contributed by atoms with Crippen molar-refractivity contribution in [3.8, 4) is 0 Å². The summed E-state index contributed by atoms with van der Waals surface area (Å²) in [5.41, 5.74) is 1.93. The summed E-state index contributed by atoms with van der Waals surface area (Å²) < 4.78 is 24.5. The van der Waals surface area contributed by atoms with Crippen LogP contribution in [0, 0.1) is 6.92 Å². The number of aromatic nitrogens is 3. The van der Waals surface area contributed by atoms with Crippen LogP contribution in [0.2, 0.25) is 0 Å². The van der Waals surface area contributed by atoms with E-state index in [1.165, 1.54) is 11.3 Å². The number of para-hydroxylation sites is 2. The van der Waals surface area contributed by atoms with Gasteiger partial charge in [-0.3, -0.25) is 0 Å². The molecule has 2 heterocycles. The Labute approximate surface area is 114 Å². The van der Waals surface area contributed by atoms with Crippen LogP contribution in [-0.2, 0) is 15.6 Å². The molecule has 0 radical (unpaired) electrons. The molecule has 0 saturated heterocycles. The van der Waals surface area contributed by atoms with Crippen LogP contribution in [-0.4, -0.2) is 23.4 Å². The molecule has 0 bridgehead atoms. The number of fused-ring (bicyclic) bond motifs is 1. The molecule has 0 spiro atoms. The van der Waals surface area contributed by atoms with Crippen LogP contribution < -0.4 is 0 Å². The number of aromatic amines is 1. The lowest BCUT2D eigenvalue weighted by atomic mass is 10.3. The molecule has 0 aliphatic carbocycles. The Bertz CT molecular complexity index is 800. The molecular formula is C12H11N3O2S2. The first kappa shape index (κ1) is 12.3. The highest BCUT2D eigenvalue weighted by molar-refractivity contribution is 7.90. The van der Waals surface area contributed by atoms with Crippen molar-refractivity contribution >= 4 is 32.2 Å². The molecule has 5 nitrogen and oxygen atoms in total. The maximum absolute atomic E-state index is 12.3. The van der Waals surface area contributed by atoms with E-state index in [-0.39, 0.29) is 10.9 Å². The summed E-state index contributed by atoms with van der Waals surface area (Å²) in [6.45, 7) is 1.85. The second-order valence-electron chi connectivity index (χ2n) is 4.18. The third-order valence-corrected chi connectivity index (χ3v) is 4.95. The number of thiazole rings is 1. The average Bonchev–Trinajstić information content (AvgIpc) is 2.95. The molecule has 0 saturated carbocycles. The second kappa shape index (κ2) is 4.43. The zero-order valence-corrected chi connectivity index (χ0v) is 11.8. The minimum Gasteiger partial charge on any atom is -0.329 e. The summed E-state index contributed by atoms with van der Waals surface area (Å²) in [5.74, 6) is -0.128. The van der Waals surface area contributed by atoms with E-state index in [4.69, 9.17) is 0 Å². The second-order valence-corrected chi connectivity index (χ2v) is 7.14. The van der Waals surface area contributed by atoms with E-state index in [1.807, 2.05) is 19.1 Å². The number of imidazole rings is 1. The van der Waals surface area contributed by atoms with Gasteiger partial charge in [0.05, 0.1) is 21.7 Å². The van der Waals surface area contributed by atoms with Crippen molar-refractivity contribution in [1.82, 2.24) is 15.0 Å². The fourth-order valence-corrected chi connectivity index (χ4v) is 3.71. The van der Waals surface area contributed by atoms with E-state index < -0.39 is 9.84 Å². The summed E-state index contributed by atoms with van der Waals surface area (Å²) in [6.07, 6.45) is 0. The van der Waals surface area contributed by atoms with Gasteiger partial charge in [0.25, 0.3) is 0 Å². The van der Waals surface area contributed by atoms with E-state index in [0.717, 1.165) is 10.5 Å². The van der Waals surface area contributed by atoms with Gasteiger partial charge in [-0.25, -0.2) is 18.4 Å². The van der Waals surface area contributed by atoms with Crippen LogP contribution in [0.15, 0.2) is 34.8 Å². The highest BCUT2D eigenvalue weighted by Gasteiger charge is 2.21. The van der Waals surface area contributed by atoms with Crippen LogP contribution in [0.4, 0.5) is 0 Å². The van der Waals surface area contributed by atoms with Crippen molar-refractivity contribution in [2.45, 2.75) is 17.8 Å². The molecule has 1 aromatic carbocycles. The number of H-pyrrole nitrogens is 1. The Morgan fingerprint density at radius 1 is 1.26 bits per heavy atom. The molecule has 3 aromatic rings. The Kier molecular flexibility index (Phi) is 2.87. The topological polar surface area (TPSA) is 75.7 Å². The minimum atomic E-state index is -3.48. The molecular weight excluding hydrogens is 282 g/mol. The Balaban J connectivity index is 1.99. The third-order valence-electron chi connectivity index (χ3n) is 2.67. The third kappa shape index (κ3) is 2.39. The van der Waals surface area contributed by atoms with Crippen molar-refractivity contribution in [1.29, 1.82) is 0 Å². The van der Waals surface area contributed by atoms with E-state index >= 15 is 0 Å². The Morgan fingerprint density at radius 3 is 2.74 bits per heavy atom. The lowest BCUT2D eigenvalue weighted by Gasteiger charge is -1.97. The lowest BCUT2D eigenvalue weighted by molar-refractivity contribution is 0.588. The molecule has 19 heavy (non-hydrogen) atoms. The number of sulfone groups is 1. The van der Waals surface area contributed by atoms with E-state index in [9.17, 15) is 8.42 Å². The van der Waals surface area contributed by atoms with Gasteiger partial charge in [-0.15, -0.1) is 11.3 Å². The fraction of sp³-hybridized carbons (Fsp3) is 0.167. The molecule has 1 N–H and O–H groups in total. The standard InChI is InChI=1S/C12H11N3O2S2/c1-8-13-9(6-18-8)7-19(16,17)12-14-10-4-2-3-5-11(10)15-12/h2-6H,7H2,1H3,(H,14,15). The van der Waals surface area contributed by atoms with Gasteiger partial charge in [-0.1, -0.05) is 12.1 Å². The summed E-state index contributed by atoms with van der Waals surface area (Å²) >= 11 is 1.44. The molecule has 3 rings (SSSR count). The Hall–Kier alpha value is -1.73.